The van der Waals surface area contributed by atoms with Crippen LogP contribution in [0.4, 0.5) is 0 Å². The molecule has 1 aliphatic carbocycles. The molecule has 5 nitrogen and oxygen atoms in total. The van der Waals surface area contributed by atoms with Crippen molar-refractivity contribution in [3.63, 3.8) is 0 Å². The van der Waals surface area contributed by atoms with Crippen LogP contribution in [-0.4, -0.2) is 32.3 Å². The number of carbonyl (C=O) groups excluding carboxylic acids is 2. The first-order chi connectivity index (χ1) is 12.0. The molecule has 2 aromatic rings. The summed E-state index contributed by atoms with van der Waals surface area (Å²) in [6, 6.07) is 14.9. The van der Waals surface area contributed by atoms with Gasteiger partial charge in [0.1, 0.15) is 0 Å². The van der Waals surface area contributed by atoms with Gasteiger partial charge in [-0.15, -0.1) is 0 Å². The van der Waals surface area contributed by atoms with E-state index in [0.717, 1.165) is 0 Å². The van der Waals surface area contributed by atoms with Crippen molar-refractivity contribution in [3.05, 3.63) is 77.5 Å². The number of nitrogens with one attached hydrogen (secondary N) is 1. The maximum absolute atomic E-state index is 12.4. The summed E-state index contributed by atoms with van der Waals surface area (Å²) in [5.74, 6) is -0.508. The Labute approximate surface area is 146 Å². The van der Waals surface area contributed by atoms with Gasteiger partial charge >= 0.3 is 0 Å². The van der Waals surface area contributed by atoms with Gasteiger partial charge in [-0.3, -0.25) is 9.59 Å². The maximum atomic E-state index is 12.4. The Balaban J connectivity index is 1.60. The number of rotatable bonds is 6. The Bertz CT molecular complexity index is 946. The zero-order valence-electron chi connectivity index (χ0n) is 13.4. The van der Waals surface area contributed by atoms with Crippen LogP contribution in [0.25, 0.3) is 0 Å². The van der Waals surface area contributed by atoms with E-state index < -0.39 is 9.84 Å². The van der Waals surface area contributed by atoms with Crippen molar-refractivity contribution in [1.82, 2.24) is 5.32 Å². The van der Waals surface area contributed by atoms with E-state index in [1.165, 1.54) is 6.08 Å². The predicted molar refractivity (Wildman–Crippen MR) is 94.3 cm³/mol. The van der Waals surface area contributed by atoms with Gasteiger partial charge < -0.3 is 5.32 Å². The summed E-state index contributed by atoms with van der Waals surface area (Å²) in [5.41, 5.74) is 0.972. The molecule has 0 unspecified atom stereocenters. The normalized spacial score (nSPS) is 14.0. The molecule has 0 amide bonds. The molecule has 0 saturated heterocycles. The summed E-state index contributed by atoms with van der Waals surface area (Å²) >= 11 is 0. The molecule has 1 aliphatic rings. The van der Waals surface area contributed by atoms with Crippen LogP contribution in [0.1, 0.15) is 27.1 Å². The third kappa shape index (κ3) is 3.69. The average Bonchev–Trinajstić information content (AvgIpc) is 2.63. The number of sulfone groups is 1. The third-order valence-corrected chi connectivity index (χ3v) is 5.78. The molecule has 0 spiro atoms. The van der Waals surface area contributed by atoms with Gasteiger partial charge in [-0.2, -0.15) is 0 Å². The van der Waals surface area contributed by atoms with Gasteiger partial charge in [-0.1, -0.05) is 42.5 Å². The molecule has 0 aliphatic heterocycles. The molecule has 2 aromatic carbocycles. The summed E-state index contributed by atoms with van der Waals surface area (Å²) in [6.45, 7) is 0.291. The molecule has 0 radical (unpaired) electrons. The molecule has 0 saturated carbocycles. The van der Waals surface area contributed by atoms with Crippen LogP contribution in [0.2, 0.25) is 0 Å². The van der Waals surface area contributed by atoms with E-state index in [0.29, 0.717) is 24.1 Å². The molecule has 0 bridgehead atoms. The van der Waals surface area contributed by atoms with E-state index in [2.05, 4.69) is 5.32 Å². The fourth-order valence-electron chi connectivity index (χ4n) is 2.68. The lowest BCUT2D eigenvalue weighted by atomic mass is 9.93. The summed E-state index contributed by atoms with van der Waals surface area (Å²) in [5, 5.41) is 2.89. The zero-order chi connectivity index (χ0) is 17.9. The number of Topliss-reactive ketones (excluding diaryl/α,β-unsaturated/α-hetero) is 1. The fourth-order valence-corrected chi connectivity index (χ4v) is 4.01. The smallest absolute Gasteiger partial charge is 0.209 e. The van der Waals surface area contributed by atoms with Crippen molar-refractivity contribution in [2.45, 2.75) is 11.3 Å². The van der Waals surface area contributed by atoms with E-state index in [-0.39, 0.29) is 27.9 Å². The lowest BCUT2D eigenvalue weighted by Gasteiger charge is -2.16. The summed E-state index contributed by atoms with van der Waals surface area (Å²) < 4.78 is 24.4. The third-order valence-electron chi connectivity index (χ3n) is 3.96. The Morgan fingerprint density at radius 1 is 0.840 bits per heavy atom. The SMILES string of the molecule is O=C1C=C(NCCCS(=O)(=O)c2ccccc2)C(=O)c2ccccc21. The van der Waals surface area contributed by atoms with Crippen LogP contribution in [0.15, 0.2) is 71.3 Å². The zero-order valence-corrected chi connectivity index (χ0v) is 14.3. The quantitative estimate of drug-likeness (QED) is 0.805. The standard InChI is InChI=1S/C19H17NO4S/c21-18-13-17(19(22)16-10-5-4-9-15(16)18)20-11-6-12-25(23,24)14-7-2-1-3-8-14/h1-5,7-10,13,20H,6,11-12H2. The highest BCUT2D eigenvalue weighted by molar-refractivity contribution is 7.91. The second-order valence-electron chi connectivity index (χ2n) is 5.71. The molecule has 0 atom stereocenters. The van der Waals surface area contributed by atoms with Crippen molar-refractivity contribution >= 4 is 21.4 Å². The van der Waals surface area contributed by atoms with E-state index in [1.54, 1.807) is 54.6 Å². The molecule has 0 heterocycles. The highest BCUT2D eigenvalue weighted by atomic mass is 32.2. The van der Waals surface area contributed by atoms with Crippen LogP contribution >= 0.6 is 0 Å². The molecular weight excluding hydrogens is 338 g/mol. The molecule has 1 N–H and O–H groups in total. The van der Waals surface area contributed by atoms with Gasteiger partial charge in [0, 0.05) is 23.7 Å². The van der Waals surface area contributed by atoms with Crippen molar-refractivity contribution in [1.29, 1.82) is 0 Å². The number of hydrogen-bond acceptors (Lipinski definition) is 5. The first-order valence-electron chi connectivity index (χ1n) is 7.90. The fraction of sp³-hybridized carbons (Fsp3) is 0.158. The summed E-state index contributed by atoms with van der Waals surface area (Å²) in [4.78, 5) is 24.7. The van der Waals surface area contributed by atoms with Gasteiger partial charge in [0.05, 0.1) is 16.3 Å². The first kappa shape index (κ1) is 17.1. The second-order valence-corrected chi connectivity index (χ2v) is 7.82. The van der Waals surface area contributed by atoms with Crippen LogP contribution < -0.4 is 5.32 Å². The number of ketones is 2. The molecule has 3 rings (SSSR count). The lowest BCUT2D eigenvalue weighted by Crippen LogP contribution is -2.28. The molecule has 128 valence electrons. The Kier molecular flexibility index (Phi) is 4.81. The van der Waals surface area contributed by atoms with Crippen LogP contribution in [0.3, 0.4) is 0 Å². The number of carbonyl (C=O) groups is 2. The maximum Gasteiger partial charge on any atom is 0.209 e. The summed E-state index contributed by atoms with van der Waals surface area (Å²) in [7, 11) is -3.35. The van der Waals surface area contributed by atoms with Crippen LogP contribution in [0, 0.1) is 0 Å². The van der Waals surface area contributed by atoms with Crippen molar-refractivity contribution < 1.29 is 18.0 Å². The van der Waals surface area contributed by atoms with Gasteiger partial charge in [0.15, 0.2) is 15.6 Å². The van der Waals surface area contributed by atoms with Crippen LogP contribution in [0.5, 0.6) is 0 Å². The van der Waals surface area contributed by atoms with Crippen molar-refractivity contribution in [3.8, 4) is 0 Å². The van der Waals surface area contributed by atoms with Crippen molar-refractivity contribution in [2.75, 3.05) is 12.3 Å². The van der Waals surface area contributed by atoms with Crippen LogP contribution in [-0.2, 0) is 9.84 Å². The van der Waals surface area contributed by atoms with Gasteiger partial charge in [-0.25, -0.2) is 8.42 Å². The topological polar surface area (TPSA) is 80.3 Å². The molecular formula is C19H17NO4S. The minimum absolute atomic E-state index is 0.0317. The lowest BCUT2D eigenvalue weighted by molar-refractivity contribution is 0.0978. The minimum atomic E-state index is -3.35. The van der Waals surface area contributed by atoms with E-state index in [4.69, 9.17) is 0 Å². The Morgan fingerprint density at radius 3 is 2.20 bits per heavy atom. The average molecular weight is 355 g/mol. The second kappa shape index (κ2) is 7.03. The first-order valence-corrected chi connectivity index (χ1v) is 9.56. The number of allylic oxidation sites excluding steroid dienone is 2. The van der Waals surface area contributed by atoms with Crippen molar-refractivity contribution in [2.24, 2.45) is 0 Å². The molecule has 25 heavy (non-hydrogen) atoms. The van der Waals surface area contributed by atoms with Gasteiger partial charge in [-0.05, 0) is 18.6 Å². The van der Waals surface area contributed by atoms with E-state index >= 15 is 0 Å². The largest absolute Gasteiger partial charge is 0.382 e. The molecule has 6 heteroatoms. The predicted octanol–water partition coefficient (Wildman–Crippen LogP) is 2.40. The monoisotopic (exact) mass is 355 g/mol. The highest BCUT2D eigenvalue weighted by Crippen LogP contribution is 2.19. The number of benzene rings is 2. The Morgan fingerprint density at radius 2 is 1.48 bits per heavy atom. The summed E-state index contributed by atoms with van der Waals surface area (Å²) in [6.07, 6.45) is 1.61. The minimum Gasteiger partial charge on any atom is -0.382 e. The molecule has 0 fully saturated rings. The van der Waals surface area contributed by atoms with Gasteiger partial charge in [0.25, 0.3) is 0 Å². The van der Waals surface area contributed by atoms with E-state index in [1.807, 2.05) is 0 Å². The number of fused-ring (bicyclic) bond motifs is 1. The molecule has 0 aromatic heterocycles. The van der Waals surface area contributed by atoms with E-state index in [9.17, 15) is 18.0 Å². The van der Waals surface area contributed by atoms with Gasteiger partial charge in [0.2, 0.25) is 5.78 Å². The number of hydrogen-bond donors (Lipinski definition) is 1. The Hall–Kier alpha value is -2.73. The highest BCUT2D eigenvalue weighted by Gasteiger charge is 2.24.